The van der Waals surface area contributed by atoms with Gasteiger partial charge in [0, 0.05) is 12.8 Å². The number of phosphoric acid groups is 1. The van der Waals surface area contributed by atoms with Crippen molar-refractivity contribution in [2.24, 2.45) is 0 Å². The van der Waals surface area contributed by atoms with Crippen LogP contribution in [-0.2, 0) is 32.7 Å². The Labute approximate surface area is 590 Å². The highest BCUT2D eigenvalue weighted by Crippen LogP contribution is 2.38. The van der Waals surface area contributed by atoms with Gasteiger partial charge in [0.2, 0.25) is 0 Å². The zero-order chi connectivity index (χ0) is 69.0. The van der Waals surface area contributed by atoms with Crippen molar-refractivity contribution in [2.75, 3.05) is 47.5 Å². The van der Waals surface area contributed by atoms with Crippen LogP contribution in [0.4, 0.5) is 0 Å². The van der Waals surface area contributed by atoms with Crippen LogP contribution in [0.2, 0.25) is 0 Å². The molecule has 2 atom stereocenters. The zero-order valence-electron chi connectivity index (χ0n) is 63.4. The lowest BCUT2D eigenvalue weighted by Gasteiger charge is -2.28. The number of rotatable bonds is 76. The van der Waals surface area contributed by atoms with Gasteiger partial charge in [0.25, 0.3) is 7.82 Å². The molecule has 0 amide bonds. The van der Waals surface area contributed by atoms with Crippen molar-refractivity contribution < 1.29 is 42.1 Å². The summed E-state index contributed by atoms with van der Waals surface area (Å²) in [4.78, 5) is 38.2. The maximum Gasteiger partial charge on any atom is 0.306 e. The number of hydrogen-bond acceptors (Lipinski definition) is 8. The van der Waals surface area contributed by atoms with Crippen LogP contribution in [0.25, 0.3) is 0 Å². The number of quaternary nitrogens is 1. The molecule has 2 unspecified atom stereocenters. The molecule has 9 nitrogen and oxygen atoms in total. The van der Waals surface area contributed by atoms with Gasteiger partial charge in [-0.15, -0.1) is 0 Å². The summed E-state index contributed by atoms with van der Waals surface area (Å²) < 4.78 is 34.4. The van der Waals surface area contributed by atoms with E-state index >= 15 is 0 Å². The van der Waals surface area contributed by atoms with Crippen molar-refractivity contribution in [2.45, 2.75) is 399 Å². The van der Waals surface area contributed by atoms with Crippen LogP contribution in [0.5, 0.6) is 0 Å². The highest BCUT2D eigenvalue weighted by molar-refractivity contribution is 7.45. The third-order valence-corrected chi connectivity index (χ3v) is 19.1. The molecule has 10 heteroatoms. The quantitative estimate of drug-likeness (QED) is 0.0195. The molecule has 0 fully saturated rings. The van der Waals surface area contributed by atoms with E-state index in [1.807, 2.05) is 21.1 Å². The minimum absolute atomic E-state index is 0.0294. The summed E-state index contributed by atoms with van der Waals surface area (Å²) in [5.74, 6) is -0.812. The van der Waals surface area contributed by atoms with Crippen molar-refractivity contribution in [3.63, 3.8) is 0 Å². The first-order valence-corrected chi connectivity index (χ1v) is 42.3. The van der Waals surface area contributed by atoms with Gasteiger partial charge in [-0.1, -0.05) is 394 Å². The Morgan fingerprint density at radius 1 is 0.337 bits per heavy atom. The van der Waals surface area contributed by atoms with Gasteiger partial charge in [-0.05, 0) is 70.6 Å². The molecule has 0 rings (SSSR count). The molecule has 0 radical (unpaired) electrons. The third-order valence-electron chi connectivity index (χ3n) is 18.2. The number of nitrogens with zero attached hydrogens (tertiary/aromatic N) is 1. The Morgan fingerprint density at radius 2 is 0.600 bits per heavy atom. The predicted molar refractivity (Wildman–Crippen MR) is 411 cm³/mol. The van der Waals surface area contributed by atoms with Gasteiger partial charge < -0.3 is 27.9 Å². The molecule has 0 aliphatic carbocycles. The van der Waals surface area contributed by atoms with Gasteiger partial charge in [0.1, 0.15) is 19.8 Å². The van der Waals surface area contributed by atoms with E-state index in [2.05, 4.69) is 98.9 Å². The van der Waals surface area contributed by atoms with E-state index in [0.717, 1.165) is 83.5 Å². The topological polar surface area (TPSA) is 111 Å². The highest BCUT2D eigenvalue weighted by Gasteiger charge is 2.22. The fraction of sp³-hybridized carbons (Fsp3) is 0.812. The number of carbonyl (C=O) groups excluding carboxylic acids is 2. The smallest absolute Gasteiger partial charge is 0.306 e. The van der Waals surface area contributed by atoms with Gasteiger partial charge in [-0.3, -0.25) is 14.2 Å². The maximum absolute atomic E-state index is 12.9. The Bertz CT molecular complexity index is 1880. The van der Waals surface area contributed by atoms with Crippen molar-refractivity contribution >= 4 is 19.8 Å². The lowest BCUT2D eigenvalue weighted by Crippen LogP contribution is -2.37. The molecular weight excluding hydrogens is 1190 g/mol. The van der Waals surface area contributed by atoms with Crippen LogP contribution in [0.3, 0.4) is 0 Å². The molecule has 0 bridgehead atoms. The number of likely N-dealkylation sites (N-methyl/N-ethyl adjacent to an activating group) is 1. The normalized spacial score (nSPS) is 13.5. The summed E-state index contributed by atoms with van der Waals surface area (Å²) in [5, 5.41) is 0. The molecule has 0 saturated carbocycles. The van der Waals surface area contributed by atoms with E-state index in [1.165, 1.54) is 276 Å². The predicted octanol–water partition coefficient (Wildman–Crippen LogP) is 26.6. The van der Waals surface area contributed by atoms with E-state index in [-0.39, 0.29) is 32.0 Å². The maximum atomic E-state index is 12.9. The fourth-order valence-electron chi connectivity index (χ4n) is 12.0. The van der Waals surface area contributed by atoms with E-state index in [4.69, 9.17) is 18.5 Å². The summed E-state index contributed by atoms with van der Waals surface area (Å²) in [6.07, 6.45) is 104. The van der Waals surface area contributed by atoms with Crippen molar-refractivity contribution in [3.8, 4) is 0 Å². The van der Waals surface area contributed by atoms with E-state index in [1.54, 1.807) is 0 Å². The Hall–Kier alpha value is -2.81. The van der Waals surface area contributed by atoms with Gasteiger partial charge in [-0.2, -0.15) is 0 Å². The van der Waals surface area contributed by atoms with Gasteiger partial charge >= 0.3 is 11.9 Å². The molecule has 0 saturated heterocycles. The number of ether oxygens (including phenoxy) is 2. The van der Waals surface area contributed by atoms with Gasteiger partial charge in [0.05, 0.1) is 27.7 Å². The molecule has 0 aliphatic heterocycles. The third kappa shape index (κ3) is 80.1. The van der Waals surface area contributed by atoms with Crippen LogP contribution in [0.1, 0.15) is 393 Å². The first-order valence-electron chi connectivity index (χ1n) is 40.8. The number of phosphoric ester groups is 1. The molecule has 0 spiro atoms. The van der Waals surface area contributed by atoms with Gasteiger partial charge in [-0.25, -0.2) is 0 Å². The second-order valence-corrected chi connectivity index (χ2v) is 30.2. The minimum Gasteiger partial charge on any atom is -0.756 e. The average molecular weight is 1350 g/mol. The highest BCUT2D eigenvalue weighted by atomic mass is 31.2. The summed E-state index contributed by atoms with van der Waals surface area (Å²) in [7, 11) is 1.18. The number of allylic oxidation sites excluding steroid dienone is 14. The lowest BCUT2D eigenvalue weighted by atomic mass is 10.0. The summed E-state index contributed by atoms with van der Waals surface area (Å²) >= 11 is 0. The molecule has 554 valence electrons. The second-order valence-electron chi connectivity index (χ2n) is 28.8. The molecular formula is C85H156NO8P. The Morgan fingerprint density at radius 3 is 0.895 bits per heavy atom. The largest absolute Gasteiger partial charge is 0.756 e. The zero-order valence-corrected chi connectivity index (χ0v) is 64.3. The Kier molecular flexibility index (Phi) is 73.2. The molecule has 0 aromatic rings. The van der Waals surface area contributed by atoms with Crippen LogP contribution >= 0.6 is 7.82 Å². The molecule has 0 aliphatic rings. The molecule has 0 aromatic heterocycles. The number of unbranched alkanes of at least 4 members (excludes halogenated alkanes) is 48. The molecule has 0 heterocycles. The summed E-state index contributed by atoms with van der Waals surface area (Å²) in [5.41, 5.74) is 0. The summed E-state index contributed by atoms with van der Waals surface area (Å²) in [6, 6.07) is 0. The van der Waals surface area contributed by atoms with Crippen LogP contribution in [0, 0.1) is 0 Å². The van der Waals surface area contributed by atoms with E-state index in [9.17, 15) is 19.0 Å². The van der Waals surface area contributed by atoms with E-state index in [0.29, 0.717) is 17.4 Å². The van der Waals surface area contributed by atoms with Gasteiger partial charge in [0.15, 0.2) is 6.10 Å². The molecule has 95 heavy (non-hydrogen) atoms. The monoisotopic (exact) mass is 1350 g/mol. The number of carbonyl (C=O) groups is 2. The van der Waals surface area contributed by atoms with Crippen LogP contribution in [-0.4, -0.2) is 70.0 Å². The average Bonchev–Trinajstić information content (AvgIpc) is 1.81. The van der Waals surface area contributed by atoms with Crippen LogP contribution in [0.15, 0.2) is 85.1 Å². The van der Waals surface area contributed by atoms with Crippen molar-refractivity contribution in [3.05, 3.63) is 85.1 Å². The van der Waals surface area contributed by atoms with Crippen molar-refractivity contribution in [1.29, 1.82) is 0 Å². The number of esters is 2. The standard InChI is InChI=1S/C85H156NO8P/c1-6-8-10-12-14-16-18-20-22-24-26-28-30-32-34-36-38-39-40-41-42-43-44-45-46-47-48-50-52-54-56-58-60-62-64-66-68-70-72-74-76-78-85(88)94-83(82-93-95(89,90)92-80-79-86(3,4)5)81-91-84(87)77-75-73-71-69-67-65-63-61-59-57-55-53-51-49-37-35-33-31-29-27-25-23-21-19-17-15-13-11-9-7-2/h8,10,14,16,20,22,26,28,32,34,38-39,41-42,83H,6-7,9,11-13,15,17-19,21,23-25,27,29-31,33,35-37,40,43-82H2,1-5H3/b10-8-,16-14-,22-20-,28-26-,34-32-,39-38-,42-41-. The fourth-order valence-corrected chi connectivity index (χ4v) is 12.7. The lowest BCUT2D eigenvalue weighted by molar-refractivity contribution is -0.870. The van der Waals surface area contributed by atoms with E-state index < -0.39 is 26.5 Å². The SMILES string of the molecule is CC/C=C\C/C=C\C/C=C\C/C=C\C/C=C\C/C=C\C/C=C\CCCCCCCCCCCCCCCCCCCCCC(=O)OC(COC(=O)CCCCCCCCCCCCCCCCCCCCCCCCCCCCCCCC)COP(=O)([O-])OCC[N+](C)(C)C. The number of hydrogen-bond donors (Lipinski definition) is 0. The molecule has 0 N–H and O–H groups in total. The summed E-state index contributed by atoms with van der Waals surface area (Å²) in [6.45, 7) is 4.19. The first kappa shape index (κ1) is 92.2. The van der Waals surface area contributed by atoms with Crippen molar-refractivity contribution in [1.82, 2.24) is 0 Å². The Balaban J connectivity index is 3.92. The van der Waals surface area contributed by atoms with Crippen LogP contribution < -0.4 is 4.89 Å². The second kappa shape index (κ2) is 75.4. The first-order chi connectivity index (χ1) is 46.5. The minimum atomic E-state index is -4.65. The molecule has 0 aromatic carbocycles.